The Hall–Kier alpha value is -5.94. The van der Waals surface area contributed by atoms with E-state index in [1.165, 1.54) is 44.4 Å². The minimum Gasteiger partial charge on any atom is -0.337 e. The highest BCUT2D eigenvalue weighted by molar-refractivity contribution is 7.15. The van der Waals surface area contributed by atoms with Crippen LogP contribution in [0, 0.1) is 13.1 Å². The second kappa shape index (κ2) is 13.0. The lowest BCUT2D eigenvalue weighted by molar-refractivity contribution is 0.978. The Morgan fingerprint density at radius 1 is 0.565 bits per heavy atom. The van der Waals surface area contributed by atoms with Crippen molar-refractivity contribution in [1.29, 1.82) is 0 Å². The molecule has 7 rings (SSSR count). The molecule has 6 aromatic carbocycles. The maximum Gasteiger partial charge on any atom is 0.511 e. The van der Waals surface area contributed by atoms with Gasteiger partial charge in [-0.25, -0.2) is 22.8 Å². The lowest BCUT2D eigenvalue weighted by Crippen LogP contribution is -2.16. The fourth-order valence-corrected chi connectivity index (χ4v) is 6.74. The van der Waals surface area contributed by atoms with Crippen molar-refractivity contribution in [2.75, 3.05) is 4.90 Å². The fraction of sp³-hybridized carbons (Fsp3) is 0.0476. The van der Waals surface area contributed by atoms with Crippen molar-refractivity contribution >= 4 is 56.4 Å². The van der Waals surface area contributed by atoms with Gasteiger partial charge in [0.1, 0.15) is 0 Å². The summed E-state index contributed by atoms with van der Waals surface area (Å²) in [6.45, 7) is 15.3. The number of para-hydroxylation sites is 2. The molecule has 3 nitrogen and oxygen atoms in total. The molecule has 7 aromatic rings. The van der Waals surface area contributed by atoms with Crippen LogP contribution in [0.15, 0.2) is 146 Å². The van der Waals surface area contributed by atoms with Gasteiger partial charge in [0.2, 0.25) is 0 Å². The van der Waals surface area contributed by atoms with Crippen molar-refractivity contribution in [2.24, 2.45) is 0 Å². The highest BCUT2D eigenvalue weighted by Gasteiger charge is 2.22. The maximum absolute atomic E-state index is 7.25. The van der Waals surface area contributed by atoms with Crippen molar-refractivity contribution in [3.05, 3.63) is 190 Å². The molecule has 0 aliphatic rings. The first-order chi connectivity index (χ1) is 22.7. The number of anilines is 2. The SMILES string of the molecule is [C-]#[N+]C([N+]#[C-])c1ccc(-c2ccc3cc(C=Cc4ccc5cc(CN(c6ccccc6)c6ccccc6)ccc5c4)ccc3c2)s1. The summed E-state index contributed by atoms with van der Waals surface area (Å²) in [4.78, 5) is 11.1. The van der Waals surface area contributed by atoms with E-state index >= 15 is 0 Å². The summed E-state index contributed by atoms with van der Waals surface area (Å²) in [7, 11) is 0. The Kier molecular flexibility index (Phi) is 8.12. The monoisotopic (exact) mass is 607 g/mol. The van der Waals surface area contributed by atoms with E-state index in [9.17, 15) is 0 Å². The lowest BCUT2D eigenvalue weighted by Gasteiger charge is -2.25. The molecular formula is C42H29N3S. The van der Waals surface area contributed by atoms with E-state index in [2.05, 4.69) is 160 Å². The van der Waals surface area contributed by atoms with E-state index in [1.807, 2.05) is 12.1 Å². The topological polar surface area (TPSA) is 12.0 Å². The van der Waals surface area contributed by atoms with Crippen molar-refractivity contribution in [1.82, 2.24) is 0 Å². The molecule has 0 amide bonds. The first kappa shape index (κ1) is 28.8. The molecule has 0 aliphatic heterocycles. The Labute approximate surface area is 273 Å². The third-order valence-corrected chi connectivity index (χ3v) is 9.32. The van der Waals surface area contributed by atoms with E-state index in [1.54, 1.807) is 0 Å². The first-order valence-corrected chi connectivity index (χ1v) is 15.9. The van der Waals surface area contributed by atoms with Gasteiger partial charge in [-0.1, -0.05) is 97.1 Å². The zero-order valence-electron chi connectivity index (χ0n) is 25.0. The van der Waals surface area contributed by atoms with Gasteiger partial charge in [-0.15, -0.1) is 11.3 Å². The molecular weight excluding hydrogens is 579 g/mol. The highest BCUT2D eigenvalue weighted by Crippen LogP contribution is 2.35. The van der Waals surface area contributed by atoms with Gasteiger partial charge < -0.3 is 4.90 Å². The summed E-state index contributed by atoms with van der Waals surface area (Å²) >= 11 is 1.52. The Morgan fingerprint density at radius 2 is 1.11 bits per heavy atom. The van der Waals surface area contributed by atoms with E-state index in [4.69, 9.17) is 13.1 Å². The molecule has 0 N–H and O–H groups in total. The van der Waals surface area contributed by atoms with Gasteiger partial charge >= 0.3 is 6.17 Å². The van der Waals surface area contributed by atoms with Crippen LogP contribution in [0.5, 0.6) is 0 Å². The van der Waals surface area contributed by atoms with Crippen LogP contribution in [0.4, 0.5) is 11.4 Å². The van der Waals surface area contributed by atoms with Crippen LogP contribution in [-0.4, -0.2) is 0 Å². The van der Waals surface area contributed by atoms with Gasteiger partial charge in [-0.3, -0.25) is 0 Å². The number of nitrogens with zero attached hydrogens (tertiary/aromatic N) is 3. The van der Waals surface area contributed by atoms with Crippen LogP contribution in [0.1, 0.15) is 27.7 Å². The molecule has 0 spiro atoms. The van der Waals surface area contributed by atoms with E-state index < -0.39 is 6.17 Å². The Morgan fingerprint density at radius 3 is 1.72 bits per heavy atom. The number of hydrogen-bond acceptors (Lipinski definition) is 2. The van der Waals surface area contributed by atoms with Crippen LogP contribution >= 0.6 is 11.3 Å². The quantitative estimate of drug-likeness (QED) is 0.124. The molecule has 0 unspecified atom stereocenters. The van der Waals surface area contributed by atoms with Crippen molar-refractivity contribution in [2.45, 2.75) is 12.7 Å². The molecule has 4 heteroatoms. The maximum atomic E-state index is 7.25. The zero-order valence-corrected chi connectivity index (χ0v) is 25.9. The average molecular weight is 608 g/mol. The summed E-state index contributed by atoms with van der Waals surface area (Å²) in [6, 6.07) is 51.4. The van der Waals surface area contributed by atoms with E-state index in [0.29, 0.717) is 0 Å². The summed E-state index contributed by atoms with van der Waals surface area (Å²) in [6.07, 6.45) is 3.60. The molecule has 1 heterocycles. The number of rotatable bonds is 8. The van der Waals surface area contributed by atoms with Crippen molar-refractivity contribution < 1.29 is 0 Å². The number of hydrogen-bond donors (Lipinski definition) is 0. The van der Waals surface area contributed by atoms with Crippen LogP contribution in [-0.2, 0) is 6.54 Å². The molecule has 0 radical (unpaired) electrons. The van der Waals surface area contributed by atoms with Gasteiger partial charge in [0.25, 0.3) is 0 Å². The van der Waals surface area contributed by atoms with Gasteiger partial charge in [-0.05, 0) is 104 Å². The Balaban J connectivity index is 1.08. The summed E-state index contributed by atoms with van der Waals surface area (Å²) < 4.78 is 0. The smallest absolute Gasteiger partial charge is 0.337 e. The summed E-state index contributed by atoms with van der Waals surface area (Å²) in [5, 5.41) is 4.79. The molecule has 0 atom stereocenters. The summed E-state index contributed by atoms with van der Waals surface area (Å²) in [5.74, 6) is 0. The summed E-state index contributed by atoms with van der Waals surface area (Å²) in [5.41, 5.74) is 7.02. The molecule has 0 aliphatic carbocycles. The number of fused-ring (bicyclic) bond motifs is 2. The number of thiophene rings is 1. The third-order valence-electron chi connectivity index (χ3n) is 8.15. The first-order valence-electron chi connectivity index (χ1n) is 15.1. The van der Waals surface area contributed by atoms with E-state index in [0.717, 1.165) is 38.4 Å². The standard InChI is InChI=1S/C42H29N3S/c1-43-42(44-2)41-24-23-40(46-41)37-22-21-35-26-31(16-19-36(35)28-37)14-13-30-15-18-34-27-32(17-20-33(34)25-30)29-45(38-9-5-3-6-10-38)39-11-7-4-8-12-39/h3-28,42H,29H2. The predicted octanol–water partition coefficient (Wildman–Crippen LogP) is 12.1. The molecule has 0 bridgehead atoms. The second-order valence-corrected chi connectivity index (χ2v) is 12.3. The highest BCUT2D eigenvalue weighted by atomic mass is 32.1. The zero-order chi connectivity index (χ0) is 31.3. The van der Waals surface area contributed by atoms with Gasteiger partial charge in [0.15, 0.2) is 4.88 Å². The molecule has 1 aromatic heterocycles. The van der Waals surface area contributed by atoms with Gasteiger partial charge in [-0.2, -0.15) is 0 Å². The average Bonchev–Trinajstić information content (AvgIpc) is 3.61. The van der Waals surface area contributed by atoms with Gasteiger partial charge in [0.05, 0.1) is 0 Å². The molecule has 0 fully saturated rings. The molecule has 0 saturated carbocycles. The van der Waals surface area contributed by atoms with E-state index in [-0.39, 0.29) is 0 Å². The van der Waals surface area contributed by atoms with Crippen LogP contribution < -0.4 is 4.90 Å². The normalized spacial score (nSPS) is 11.2. The number of benzene rings is 6. The van der Waals surface area contributed by atoms with Crippen molar-refractivity contribution in [3.63, 3.8) is 0 Å². The molecule has 218 valence electrons. The molecule has 0 saturated heterocycles. The minimum absolute atomic E-state index is 0.746. The predicted molar refractivity (Wildman–Crippen MR) is 195 cm³/mol. The van der Waals surface area contributed by atoms with Crippen LogP contribution in [0.3, 0.4) is 0 Å². The lowest BCUT2D eigenvalue weighted by atomic mass is 10.0. The van der Waals surface area contributed by atoms with Crippen molar-refractivity contribution in [3.8, 4) is 10.4 Å². The van der Waals surface area contributed by atoms with Crippen LogP contribution in [0.2, 0.25) is 0 Å². The minimum atomic E-state index is -0.746. The Bertz CT molecular complexity index is 2220. The molecule has 46 heavy (non-hydrogen) atoms. The van der Waals surface area contributed by atoms with Gasteiger partial charge in [0, 0.05) is 22.8 Å². The second-order valence-electron chi connectivity index (χ2n) is 11.2. The largest absolute Gasteiger partial charge is 0.511 e. The third kappa shape index (κ3) is 6.17. The van der Waals surface area contributed by atoms with Crippen LogP contribution in [0.25, 0.3) is 53.8 Å². The fourth-order valence-electron chi connectivity index (χ4n) is 5.76.